The number of halogens is 2. The molecule has 2 aromatic carbocycles. The zero-order chi connectivity index (χ0) is 20.3. The maximum atomic E-state index is 13.6. The zero-order valence-corrected chi connectivity index (χ0v) is 14.3. The van der Waals surface area contributed by atoms with Crippen molar-refractivity contribution in [3.63, 3.8) is 0 Å². The number of carbonyl (C=O) groups is 1. The standard InChI is InChI=1S/C17H13F2N5O4/c1-9(20-17(25)21-14-6-5-11(18)8-13(14)19)16-22-15(23-28-16)10-3-2-4-12(7-10)24(26)27/h2-9H,1H3,(H2,20,21,25)/t9-/m1/s1. The normalized spacial score (nSPS) is 11.7. The second kappa shape index (κ2) is 7.78. The molecule has 0 fully saturated rings. The van der Waals surface area contributed by atoms with Gasteiger partial charge in [-0.05, 0) is 19.1 Å². The summed E-state index contributed by atoms with van der Waals surface area (Å²) < 4.78 is 31.5. The Morgan fingerprint density at radius 2 is 2.04 bits per heavy atom. The number of nitrogens with zero attached hydrogens (tertiary/aromatic N) is 3. The van der Waals surface area contributed by atoms with Crippen LogP contribution in [-0.4, -0.2) is 21.1 Å². The lowest BCUT2D eigenvalue weighted by atomic mass is 10.2. The number of nitro groups is 1. The minimum absolute atomic E-state index is 0.0382. The fourth-order valence-electron chi connectivity index (χ4n) is 2.29. The van der Waals surface area contributed by atoms with Crippen molar-refractivity contribution in [2.75, 3.05) is 5.32 Å². The van der Waals surface area contributed by atoms with Gasteiger partial charge in [-0.25, -0.2) is 13.6 Å². The van der Waals surface area contributed by atoms with E-state index in [0.29, 0.717) is 11.6 Å². The molecule has 3 aromatic rings. The number of anilines is 1. The highest BCUT2D eigenvalue weighted by Gasteiger charge is 2.19. The number of urea groups is 1. The Hall–Kier alpha value is -3.89. The van der Waals surface area contributed by atoms with Crippen LogP contribution in [0.25, 0.3) is 11.4 Å². The third-order valence-corrected chi connectivity index (χ3v) is 3.65. The van der Waals surface area contributed by atoms with Crippen molar-refractivity contribution >= 4 is 17.4 Å². The van der Waals surface area contributed by atoms with Gasteiger partial charge in [-0.15, -0.1) is 0 Å². The van der Waals surface area contributed by atoms with Gasteiger partial charge in [0.1, 0.15) is 17.7 Å². The maximum absolute atomic E-state index is 13.6. The number of aromatic nitrogens is 2. The van der Waals surface area contributed by atoms with Crippen LogP contribution in [0.1, 0.15) is 18.9 Å². The average molecular weight is 389 g/mol. The van der Waals surface area contributed by atoms with Gasteiger partial charge in [0.15, 0.2) is 0 Å². The highest BCUT2D eigenvalue weighted by molar-refractivity contribution is 5.89. The van der Waals surface area contributed by atoms with Gasteiger partial charge in [0.25, 0.3) is 5.69 Å². The molecule has 0 radical (unpaired) electrons. The Morgan fingerprint density at radius 1 is 1.25 bits per heavy atom. The highest BCUT2D eigenvalue weighted by atomic mass is 19.1. The Balaban J connectivity index is 1.68. The van der Waals surface area contributed by atoms with Crippen LogP contribution in [0.2, 0.25) is 0 Å². The van der Waals surface area contributed by atoms with E-state index in [1.807, 2.05) is 0 Å². The predicted octanol–water partition coefficient (Wildman–Crippen LogP) is 3.81. The summed E-state index contributed by atoms with van der Waals surface area (Å²) in [5.74, 6) is -1.54. The van der Waals surface area contributed by atoms with E-state index in [9.17, 15) is 23.7 Å². The average Bonchev–Trinajstić information content (AvgIpc) is 3.14. The van der Waals surface area contributed by atoms with E-state index in [4.69, 9.17) is 4.52 Å². The van der Waals surface area contributed by atoms with E-state index in [0.717, 1.165) is 12.1 Å². The molecule has 9 nitrogen and oxygen atoms in total. The minimum atomic E-state index is -0.923. The molecule has 0 aliphatic rings. The molecule has 0 aliphatic carbocycles. The first-order chi connectivity index (χ1) is 13.3. The molecule has 0 aliphatic heterocycles. The number of amides is 2. The lowest BCUT2D eigenvalue weighted by molar-refractivity contribution is -0.384. The molecule has 3 rings (SSSR count). The van der Waals surface area contributed by atoms with Gasteiger partial charge >= 0.3 is 6.03 Å². The monoisotopic (exact) mass is 389 g/mol. The van der Waals surface area contributed by atoms with Crippen LogP contribution in [-0.2, 0) is 0 Å². The van der Waals surface area contributed by atoms with Gasteiger partial charge in [0.05, 0.1) is 10.6 Å². The summed E-state index contributed by atoms with van der Waals surface area (Å²) in [6.45, 7) is 1.55. The molecule has 1 atom stereocenters. The van der Waals surface area contributed by atoms with Gasteiger partial charge in [-0.2, -0.15) is 4.98 Å². The third-order valence-electron chi connectivity index (χ3n) is 3.65. The second-order valence-corrected chi connectivity index (χ2v) is 5.71. The van der Waals surface area contributed by atoms with E-state index in [1.54, 1.807) is 13.0 Å². The molecule has 0 unspecified atom stereocenters. The van der Waals surface area contributed by atoms with E-state index >= 15 is 0 Å². The number of benzene rings is 2. The molecule has 2 N–H and O–H groups in total. The van der Waals surface area contributed by atoms with Crippen LogP contribution < -0.4 is 10.6 Å². The van der Waals surface area contributed by atoms with Gasteiger partial charge in [0, 0.05) is 23.8 Å². The first-order valence-corrected chi connectivity index (χ1v) is 7.94. The Morgan fingerprint density at radius 3 is 2.75 bits per heavy atom. The summed E-state index contributed by atoms with van der Waals surface area (Å²) in [5, 5.41) is 19.3. The quantitative estimate of drug-likeness (QED) is 0.505. The Kier molecular flexibility index (Phi) is 5.25. The second-order valence-electron chi connectivity index (χ2n) is 5.71. The lowest BCUT2D eigenvalue weighted by Gasteiger charge is -2.11. The molecule has 1 aromatic heterocycles. The van der Waals surface area contributed by atoms with E-state index in [1.165, 1.54) is 18.2 Å². The molecule has 0 saturated heterocycles. The molecule has 144 valence electrons. The highest BCUT2D eigenvalue weighted by Crippen LogP contribution is 2.23. The molecule has 0 spiro atoms. The summed E-state index contributed by atoms with van der Waals surface area (Å²) in [6, 6.07) is 6.89. The number of carbonyl (C=O) groups excluding carboxylic acids is 1. The van der Waals surface area contributed by atoms with E-state index in [-0.39, 0.29) is 23.1 Å². The summed E-state index contributed by atoms with van der Waals surface area (Å²) in [7, 11) is 0. The van der Waals surface area contributed by atoms with Crippen LogP contribution in [0, 0.1) is 21.7 Å². The maximum Gasteiger partial charge on any atom is 0.319 e. The van der Waals surface area contributed by atoms with Crippen molar-refractivity contribution < 1.29 is 23.0 Å². The third kappa shape index (κ3) is 4.26. The first-order valence-electron chi connectivity index (χ1n) is 7.94. The molecule has 0 saturated carbocycles. The SMILES string of the molecule is C[C@@H](NC(=O)Nc1ccc(F)cc1F)c1nc(-c2cccc([N+](=O)[O-])c2)no1. The zero-order valence-electron chi connectivity index (χ0n) is 14.3. The number of hydrogen-bond donors (Lipinski definition) is 2. The summed E-state index contributed by atoms with van der Waals surface area (Å²) in [5.41, 5.74) is 0.0406. The van der Waals surface area contributed by atoms with Crippen molar-refractivity contribution in [2.24, 2.45) is 0 Å². The van der Waals surface area contributed by atoms with Crippen LogP contribution in [0.3, 0.4) is 0 Å². The Labute approximate surface area is 156 Å². The lowest BCUT2D eigenvalue weighted by Crippen LogP contribution is -2.31. The molecular weight excluding hydrogens is 376 g/mol. The van der Waals surface area contributed by atoms with Crippen LogP contribution in [0.5, 0.6) is 0 Å². The topological polar surface area (TPSA) is 123 Å². The fraction of sp³-hybridized carbons (Fsp3) is 0.118. The van der Waals surface area contributed by atoms with Crippen molar-refractivity contribution in [1.29, 1.82) is 0 Å². The van der Waals surface area contributed by atoms with Crippen molar-refractivity contribution in [2.45, 2.75) is 13.0 Å². The predicted molar refractivity (Wildman–Crippen MR) is 93.3 cm³/mol. The summed E-state index contributed by atoms with van der Waals surface area (Å²) in [4.78, 5) is 26.4. The van der Waals surface area contributed by atoms with Gasteiger partial charge in [-0.3, -0.25) is 10.1 Å². The number of nitro benzene ring substituents is 1. The molecule has 1 heterocycles. The van der Waals surface area contributed by atoms with Crippen molar-refractivity contribution in [1.82, 2.24) is 15.5 Å². The van der Waals surface area contributed by atoms with E-state index < -0.39 is 28.6 Å². The number of hydrogen-bond acceptors (Lipinski definition) is 6. The summed E-state index contributed by atoms with van der Waals surface area (Å²) >= 11 is 0. The Bertz CT molecular complexity index is 1040. The van der Waals surface area contributed by atoms with Crippen LogP contribution >= 0.6 is 0 Å². The molecule has 28 heavy (non-hydrogen) atoms. The van der Waals surface area contributed by atoms with Gasteiger partial charge in [0.2, 0.25) is 11.7 Å². The van der Waals surface area contributed by atoms with Crippen LogP contribution in [0.4, 0.5) is 25.0 Å². The number of rotatable bonds is 5. The molecule has 11 heteroatoms. The molecule has 2 amide bonds. The summed E-state index contributed by atoms with van der Waals surface area (Å²) in [6.07, 6.45) is 0. The number of nitrogens with one attached hydrogen (secondary N) is 2. The fourth-order valence-corrected chi connectivity index (χ4v) is 2.29. The van der Waals surface area contributed by atoms with Gasteiger partial charge in [-0.1, -0.05) is 17.3 Å². The van der Waals surface area contributed by atoms with Gasteiger partial charge < -0.3 is 15.2 Å². The van der Waals surface area contributed by atoms with Crippen LogP contribution in [0.15, 0.2) is 47.0 Å². The molecule has 0 bridgehead atoms. The number of non-ortho nitro benzene ring substituents is 1. The largest absolute Gasteiger partial charge is 0.337 e. The minimum Gasteiger partial charge on any atom is -0.337 e. The van der Waals surface area contributed by atoms with Crippen molar-refractivity contribution in [3.8, 4) is 11.4 Å². The smallest absolute Gasteiger partial charge is 0.319 e. The molecular formula is C17H13F2N5O4. The van der Waals surface area contributed by atoms with Crippen molar-refractivity contribution in [3.05, 3.63) is 70.1 Å². The van der Waals surface area contributed by atoms with E-state index in [2.05, 4.69) is 20.8 Å². The first kappa shape index (κ1) is 18.9.